The summed E-state index contributed by atoms with van der Waals surface area (Å²) in [5.41, 5.74) is 3.56. The fraction of sp³-hybridized carbons (Fsp3) is 0.167. The van der Waals surface area contributed by atoms with Crippen molar-refractivity contribution in [1.29, 1.82) is 0 Å². The van der Waals surface area contributed by atoms with E-state index in [4.69, 9.17) is 18.9 Å². The van der Waals surface area contributed by atoms with Gasteiger partial charge in [-0.2, -0.15) is 0 Å². The topological polar surface area (TPSA) is 54.0 Å². The van der Waals surface area contributed by atoms with Gasteiger partial charge in [0.05, 0.1) is 27.9 Å². The zero-order valence-corrected chi connectivity index (χ0v) is 20.5. The van der Waals surface area contributed by atoms with Gasteiger partial charge in [0.1, 0.15) is 23.0 Å². The third-order valence-corrected chi connectivity index (χ3v) is 5.22. The summed E-state index contributed by atoms with van der Waals surface area (Å²) in [6.45, 7) is 2.56. The summed E-state index contributed by atoms with van der Waals surface area (Å²) >= 11 is 0. The van der Waals surface area contributed by atoms with Crippen LogP contribution in [0.5, 0.6) is 23.0 Å². The lowest BCUT2D eigenvalue weighted by Crippen LogP contribution is -1.94. The van der Waals surface area contributed by atoms with Gasteiger partial charge in [0, 0.05) is 11.6 Å². The molecular formula is C30H30O5. The van der Waals surface area contributed by atoms with Gasteiger partial charge in [0.15, 0.2) is 5.78 Å². The Balaban J connectivity index is 1.83. The van der Waals surface area contributed by atoms with Crippen LogP contribution in [0.1, 0.15) is 29.2 Å². The number of ketones is 1. The predicted molar refractivity (Wildman–Crippen MR) is 142 cm³/mol. The van der Waals surface area contributed by atoms with Crippen molar-refractivity contribution >= 4 is 30.1 Å². The third kappa shape index (κ3) is 7.37. The van der Waals surface area contributed by atoms with Gasteiger partial charge < -0.3 is 18.9 Å². The Morgan fingerprint density at radius 1 is 0.686 bits per heavy atom. The van der Waals surface area contributed by atoms with Crippen LogP contribution in [0.25, 0.3) is 24.3 Å². The van der Waals surface area contributed by atoms with Gasteiger partial charge in [-0.05, 0) is 72.2 Å². The summed E-state index contributed by atoms with van der Waals surface area (Å²) in [7, 11) is 4.84. The highest BCUT2D eigenvalue weighted by molar-refractivity contribution is 6.05. The minimum absolute atomic E-state index is 0.137. The van der Waals surface area contributed by atoms with E-state index in [2.05, 4.69) is 0 Å². The van der Waals surface area contributed by atoms with Crippen LogP contribution >= 0.6 is 0 Å². The van der Waals surface area contributed by atoms with Crippen molar-refractivity contribution in [3.05, 3.63) is 95.1 Å². The Bertz CT molecular complexity index is 1200. The first-order valence-corrected chi connectivity index (χ1v) is 11.3. The van der Waals surface area contributed by atoms with Crippen molar-refractivity contribution in [2.75, 3.05) is 27.9 Å². The molecule has 5 nitrogen and oxygen atoms in total. The van der Waals surface area contributed by atoms with Crippen molar-refractivity contribution in [1.82, 2.24) is 0 Å². The quantitative estimate of drug-likeness (QED) is 0.234. The minimum atomic E-state index is -0.137. The average Bonchev–Trinajstić information content (AvgIpc) is 2.90. The maximum Gasteiger partial charge on any atom is 0.178 e. The molecule has 3 aromatic carbocycles. The Morgan fingerprint density at radius 2 is 1.29 bits per heavy atom. The zero-order chi connectivity index (χ0) is 25.0. The molecule has 0 atom stereocenters. The number of ether oxygens (including phenoxy) is 4. The van der Waals surface area contributed by atoms with Crippen LogP contribution in [-0.2, 0) is 4.79 Å². The lowest BCUT2D eigenvalue weighted by atomic mass is 10.0. The molecular weight excluding hydrogens is 440 g/mol. The first kappa shape index (κ1) is 25.4. The Labute approximate surface area is 206 Å². The van der Waals surface area contributed by atoms with Crippen molar-refractivity contribution in [2.45, 2.75) is 6.92 Å². The molecule has 0 saturated carbocycles. The lowest BCUT2D eigenvalue weighted by molar-refractivity contribution is -0.110. The zero-order valence-electron chi connectivity index (χ0n) is 20.5. The molecule has 5 heteroatoms. The van der Waals surface area contributed by atoms with E-state index in [0.717, 1.165) is 33.8 Å². The molecule has 35 heavy (non-hydrogen) atoms. The van der Waals surface area contributed by atoms with Gasteiger partial charge in [-0.15, -0.1) is 0 Å². The first-order valence-electron chi connectivity index (χ1n) is 11.3. The Hall–Kier alpha value is -4.25. The van der Waals surface area contributed by atoms with E-state index >= 15 is 0 Å². The van der Waals surface area contributed by atoms with Crippen LogP contribution in [0, 0.1) is 0 Å². The highest BCUT2D eigenvalue weighted by Crippen LogP contribution is 2.31. The molecule has 3 aromatic rings. The molecule has 0 aliphatic carbocycles. The number of benzene rings is 3. The molecule has 180 valence electrons. The van der Waals surface area contributed by atoms with Crippen LogP contribution in [0.4, 0.5) is 0 Å². The molecule has 0 aliphatic rings. The normalized spacial score (nSPS) is 11.3. The summed E-state index contributed by atoms with van der Waals surface area (Å²) in [6, 6.07) is 19.0. The van der Waals surface area contributed by atoms with Crippen molar-refractivity contribution in [3.63, 3.8) is 0 Å². The van der Waals surface area contributed by atoms with E-state index in [1.165, 1.54) is 12.2 Å². The van der Waals surface area contributed by atoms with Crippen LogP contribution in [0.15, 0.2) is 72.8 Å². The molecule has 0 N–H and O–H groups in total. The van der Waals surface area contributed by atoms with Gasteiger partial charge >= 0.3 is 0 Å². The van der Waals surface area contributed by atoms with E-state index < -0.39 is 0 Å². The minimum Gasteiger partial charge on any atom is -0.497 e. The predicted octanol–water partition coefficient (Wildman–Crippen LogP) is 6.58. The molecule has 0 amide bonds. The van der Waals surface area contributed by atoms with E-state index in [1.807, 2.05) is 73.7 Å². The van der Waals surface area contributed by atoms with Crippen LogP contribution in [0.2, 0.25) is 0 Å². The van der Waals surface area contributed by atoms with Gasteiger partial charge in [0.2, 0.25) is 0 Å². The first-order chi connectivity index (χ1) is 17.1. The van der Waals surface area contributed by atoms with E-state index in [9.17, 15) is 4.79 Å². The Kier molecular flexibility index (Phi) is 9.31. The van der Waals surface area contributed by atoms with E-state index in [-0.39, 0.29) is 5.78 Å². The van der Waals surface area contributed by atoms with Crippen LogP contribution in [-0.4, -0.2) is 33.7 Å². The molecule has 0 fully saturated rings. The number of rotatable bonds is 11. The van der Waals surface area contributed by atoms with Gasteiger partial charge in [-0.3, -0.25) is 4.79 Å². The standard InChI is InChI=1S/C30H30O5/c1-5-35-27-17-10-23(11-18-27)7-13-25(31)14-19-29-24(20-28(33-3)21-30(29)34-4)12-6-22-8-15-26(32-2)16-9-22/h6-21H,5H2,1-4H3/b12-6+,13-7+,19-14+. The molecule has 3 rings (SSSR count). The fourth-order valence-corrected chi connectivity index (χ4v) is 3.37. The molecule has 0 unspecified atom stereocenters. The number of methoxy groups -OCH3 is 3. The second-order valence-corrected chi connectivity index (χ2v) is 7.51. The van der Waals surface area contributed by atoms with Crippen LogP contribution < -0.4 is 18.9 Å². The maximum atomic E-state index is 12.5. The SMILES string of the molecule is CCOc1ccc(/C=C/C(=O)/C=C/c2c(/C=C/c3ccc(OC)cc3)cc(OC)cc2OC)cc1. The summed E-state index contributed by atoms with van der Waals surface area (Å²) in [6.07, 6.45) is 10.6. The van der Waals surface area contributed by atoms with E-state index in [0.29, 0.717) is 18.1 Å². The van der Waals surface area contributed by atoms with Gasteiger partial charge in [0.25, 0.3) is 0 Å². The molecule has 0 bridgehead atoms. The Morgan fingerprint density at radius 3 is 1.89 bits per heavy atom. The third-order valence-electron chi connectivity index (χ3n) is 5.22. The maximum absolute atomic E-state index is 12.5. The van der Waals surface area contributed by atoms with Crippen molar-refractivity contribution < 1.29 is 23.7 Å². The molecule has 0 heterocycles. The van der Waals surface area contributed by atoms with Crippen LogP contribution in [0.3, 0.4) is 0 Å². The van der Waals surface area contributed by atoms with Crippen molar-refractivity contribution in [2.24, 2.45) is 0 Å². The smallest absolute Gasteiger partial charge is 0.178 e. The number of allylic oxidation sites excluding steroid dienone is 2. The molecule has 0 aliphatic heterocycles. The second kappa shape index (κ2) is 12.8. The monoisotopic (exact) mass is 470 g/mol. The molecule has 0 spiro atoms. The molecule has 0 saturated heterocycles. The molecule has 0 aromatic heterocycles. The van der Waals surface area contributed by atoms with E-state index in [1.54, 1.807) is 39.5 Å². The second-order valence-electron chi connectivity index (χ2n) is 7.51. The summed E-state index contributed by atoms with van der Waals surface area (Å²) < 4.78 is 21.7. The van der Waals surface area contributed by atoms with Crippen molar-refractivity contribution in [3.8, 4) is 23.0 Å². The fourth-order valence-electron chi connectivity index (χ4n) is 3.37. The largest absolute Gasteiger partial charge is 0.497 e. The summed E-state index contributed by atoms with van der Waals surface area (Å²) in [4.78, 5) is 12.5. The number of hydrogen-bond acceptors (Lipinski definition) is 5. The summed E-state index contributed by atoms with van der Waals surface area (Å²) in [5, 5.41) is 0. The average molecular weight is 471 g/mol. The number of hydrogen-bond donors (Lipinski definition) is 0. The lowest BCUT2D eigenvalue weighted by Gasteiger charge is -2.11. The summed E-state index contributed by atoms with van der Waals surface area (Å²) in [5.74, 6) is 2.73. The highest BCUT2D eigenvalue weighted by atomic mass is 16.5. The number of carbonyl (C=O) groups excluding carboxylic acids is 1. The highest BCUT2D eigenvalue weighted by Gasteiger charge is 2.09. The van der Waals surface area contributed by atoms with Gasteiger partial charge in [-0.1, -0.05) is 42.5 Å². The number of carbonyl (C=O) groups is 1. The van der Waals surface area contributed by atoms with Gasteiger partial charge in [-0.25, -0.2) is 0 Å². The molecule has 0 radical (unpaired) electrons.